The molecule has 33 heavy (non-hydrogen) atoms. The van der Waals surface area contributed by atoms with Crippen LogP contribution in [0.25, 0.3) is 11.1 Å². The molecule has 1 aromatic heterocycles. The molecule has 1 saturated carbocycles. The highest BCUT2D eigenvalue weighted by molar-refractivity contribution is 5.94. The zero-order chi connectivity index (χ0) is 23.6. The van der Waals surface area contributed by atoms with Gasteiger partial charge in [0.2, 0.25) is 0 Å². The SMILES string of the molecule is C[C@H](CC1(NC(=O)c2ccc(C(=O)O)cn2)C[C@H]1c1ccc(-c2ccccc2)cc1)C(=O)O. The van der Waals surface area contributed by atoms with E-state index in [1.807, 2.05) is 54.6 Å². The van der Waals surface area contributed by atoms with E-state index in [0.29, 0.717) is 6.42 Å². The van der Waals surface area contributed by atoms with E-state index in [9.17, 15) is 19.5 Å². The van der Waals surface area contributed by atoms with Crippen LogP contribution in [-0.4, -0.2) is 38.6 Å². The van der Waals surface area contributed by atoms with Gasteiger partial charge in [0.25, 0.3) is 5.91 Å². The van der Waals surface area contributed by atoms with E-state index in [1.54, 1.807) is 6.92 Å². The van der Waals surface area contributed by atoms with Gasteiger partial charge in [0.05, 0.1) is 11.5 Å². The summed E-state index contributed by atoms with van der Waals surface area (Å²) >= 11 is 0. The highest BCUT2D eigenvalue weighted by atomic mass is 16.4. The molecule has 1 aliphatic rings. The molecule has 0 bridgehead atoms. The minimum Gasteiger partial charge on any atom is -0.481 e. The number of rotatable bonds is 8. The average Bonchev–Trinajstić information content (AvgIpc) is 3.52. The van der Waals surface area contributed by atoms with Gasteiger partial charge in [-0.1, -0.05) is 61.5 Å². The lowest BCUT2D eigenvalue weighted by Crippen LogP contribution is -2.41. The Morgan fingerprint density at radius 1 is 1.00 bits per heavy atom. The maximum atomic E-state index is 12.9. The first kappa shape index (κ1) is 22.2. The summed E-state index contributed by atoms with van der Waals surface area (Å²) in [5.74, 6) is -3.15. The van der Waals surface area contributed by atoms with Crippen molar-refractivity contribution >= 4 is 17.8 Å². The fraction of sp³-hybridized carbons (Fsp3) is 0.231. The number of nitrogens with one attached hydrogen (secondary N) is 1. The number of amides is 1. The summed E-state index contributed by atoms with van der Waals surface area (Å²) < 4.78 is 0. The first-order valence-electron chi connectivity index (χ1n) is 10.7. The van der Waals surface area contributed by atoms with Crippen molar-refractivity contribution in [1.29, 1.82) is 0 Å². The van der Waals surface area contributed by atoms with Crippen LogP contribution >= 0.6 is 0 Å². The highest BCUT2D eigenvalue weighted by Crippen LogP contribution is 2.55. The van der Waals surface area contributed by atoms with E-state index in [1.165, 1.54) is 12.1 Å². The van der Waals surface area contributed by atoms with E-state index < -0.39 is 29.3 Å². The van der Waals surface area contributed by atoms with Crippen LogP contribution in [-0.2, 0) is 4.79 Å². The number of carbonyl (C=O) groups is 3. The van der Waals surface area contributed by atoms with Gasteiger partial charge < -0.3 is 15.5 Å². The summed E-state index contributed by atoms with van der Waals surface area (Å²) in [6.45, 7) is 1.63. The highest BCUT2D eigenvalue weighted by Gasteiger charge is 2.56. The number of aliphatic carboxylic acids is 1. The summed E-state index contributed by atoms with van der Waals surface area (Å²) in [6.07, 6.45) is 2.04. The van der Waals surface area contributed by atoms with Crippen LogP contribution in [0.1, 0.15) is 52.1 Å². The van der Waals surface area contributed by atoms with Gasteiger partial charge in [-0.05, 0) is 41.7 Å². The normalized spacial score (nSPS) is 20.0. The molecule has 3 atom stereocenters. The van der Waals surface area contributed by atoms with Crippen molar-refractivity contribution < 1.29 is 24.6 Å². The minimum absolute atomic E-state index is 0.0106. The fourth-order valence-corrected chi connectivity index (χ4v) is 4.27. The van der Waals surface area contributed by atoms with Gasteiger partial charge in [0, 0.05) is 17.7 Å². The van der Waals surface area contributed by atoms with Crippen molar-refractivity contribution in [2.45, 2.75) is 31.2 Å². The molecule has 0 radical (unpaired) electrons. The molecule has 1 aliphatic carbocycles. The van der Waals surface area contributed by atoms with E-state index in [-0.39, 0.29) is 23.6 Å². The van der Waals surface area contributed by atoms with Crippen LogP contribution in [0.15, 0.2) is 72.9 Å². The van der Waals surface area contributed by atoms with Crippen LogP contribution in [0.5, 0.6) is 0 Å². The molecule has 7 nitrogen and oxygen atoms in total. The number of aromatic carboxylic acids is 1. The molecule has 3 aromatic rings. The predicted octanol–water partition coefficient (Wildman–Crippen LogP) is 4.21. The summed E-state index contributed by atoms with van der Waals surface area (Å²) in [7, 11) is 0. The standard InChI is InChI=1S/C26H24N2O5/c1-16(24(30)31)13-26(28-23(29)22-12-11-20(15-27-22)25(32)33)14-21(26)19-9-7-18(8-10-19)17-5-3-2-4-6-17/h2-12,15-16,21H,13-14H2,1H3,(H,28,29)(H,30,31)(H,32,33)/t16-,21+,26?/m1/s1. The lowest BCUT2D eigenvalue weighted by Gasteiger charge is -2.22. The molecular weight excluding hydrogens is 420 g/mol. The summed E-state index contributed by atoms with van der Waals surface area (Å²) in [5.41, 5.74) is 2.60. The van der Waals surface area contributed by atoms with Gasteiger partial charge in [-0.2, -0.15) is 0 Å². The number of benzene rings is 2. The van der Waals surface area contributed by atoms with Gasteiger partial charge in [-0.15, -0.1) is 0 Å². The van der Waals surface area contributed by atoms with E-state index in [4.69, 9.17) is 5.11 Å². The Morgan fingerprint density at radius 2 is 1.67 bits per heavy atom. The molecule has 3 N–H and O–H groups in total. The predicted molar refractivity (Wildman–Crippen MR) is 122 cm³/mol. The van der Waals surface area contributed by atoms with Crippen LogP contribution < -0.4 is 5.32 Å². The molecule has 7 heteroatoms. The summed E-state index contributed by atoms with van der Waals surface area (Å²) in [6, 6.07) is 20.8. The van der Waals surface area contributed by atoms with E-state index in [2.05, 4.69) is 10.3 Å². The molecule has 1 amide bonds. The van der Waals surface area contributed by atoms with Gasteiger partial charge >= 0.3 is 11.9 Å². The Labute approximate surface area is 191 Å². The third-order valence-corrected chi connectivity index (χ3v) is 6.19. The Balaban J connectivity index is 1.55. The van der Waals surface area contributed by atoms with Crippen molar-refractivity contribution in [2.75, 3.05) is 0 Å². The van der Waals surface area contributed by atoms with Crippen LogP contribution in [0, 0.1) is 5.92 Å². The number of carboxylic acids is 2. The van der Waals surface area contributed by atoms with E-state index in [0.717, 1.165) is 22.9 Å². The zero-order valence-corrected chi connectivity index (χ0v) is 18.1. The second kappa shape index (κ2) is 8.86. The monoisotopic (exact) mass is 444 g/mol. The number of nitrogens with zero attached hydrogens (tertiary/aromatic N) is 1. The lowest BCUT2D eigenvalue weighted by atomic mass is 9.94. The quantitative estimate of drug-likeness (QED) is 0.479. The average molecular weight is 444 g/mol. The van der Waals surface area contributed by atoms with Crippen molar-refractivity contribution in [1.82, 2.24) is 10.3 Å². The Hall–Kier alpha value is -4.00. The molecular formula is C26H24N2O5. The number of aromatic nitrogens is 1. The zero-order valence-electron chi connectivity index (χ0n) is 18.1. The number of carbonyl (C=O) groups excluding carboxylic acids is 1. The number of pyridine rings is 1. The molecule has 2 aromatic carbocycles. The maximum Gasteiger partial charge on any atom is 0.337 e. The third kappa shape index (κ3) is 4.77. The first-order chi connectivity index (χ1) is 15.8. The van der Waals surface area contributed by atoms with Gasteiger partial charge in [0.15, 0.2) is 0 Å². The number of carboxylic acid groups (broad SMARTS) is 2. The molecule has 1 unspecified atom stereocenters. The lowest BCUT2D eigenvalue weighted by molar-refractivity contribution is -0.141. The van der Waals surface area contributed by atoms with Gasteiger partial charge in [-0.3, -0.25) is 14.6 Å². The van der Waals surface area contributed by atoms with Crippen molar-refractivity contribution in [3.8, 4) is 11.1 Å². The van der Waals surface area contributed by atoms with E-state index >= 15 is 0 Å². The second-order valence-electron chi connectivity index (χ2n) is 8.54. The van der Waals surface area contributed by atoms with Crippen molar-refractivity contribution in [2.24, 2.45) is 5.92 Å². The Bertz CT molecular complexity index is 1180. The topological polar surface area (TPSA) is 117 Å². The number of hydrogen-bond acceptors (Lipinski definition) is 4. The minimum atomic E-state index is -1.12. The molecule has 0 saturated heterocycles. The summed E-state index contributed by atoms with van der Waals surface area (Å²) in [5, 5.41) is 21.5. The molecule has 0 aliphatic heterocycles. The first-order valence-corrected chi connectivity index (χ1v) is 10.7. The molecule has 4 rings (SSSR count). The molecule has 0 spiro atoms. The Kier molecular flexibility index (Phi) is 5.96. The molecule has 168 valence electrons. The number of hydrogen-bond donors (Lipinski definition) is 3. The summed E-state index contributed by atoms with van der Waals surface area (Å²) in [4.78, 5) is 39.4. The van der Waals surface area contributed by atoms with Crippen molar-refractivity contribution in [3.63, 3.8) is 0 Å². The van der Waals surface area contributed by atoms with Crippen LogP contribution in [0.2, 0.25) is 0 Å². The third-order valence-electron chi connectivity index (χ3n) is 6.19. The van der Waals surface area contributed by atoms with Crippen LogP contribution in [0.3, 0.4) is 0 Å². The Morgan fingerprint density at radius 3 is 2.24 bits per heavy atom. The fourth-order valence-electron chi connectivity index (χ4n) is 4.27. The van der Waals surface area contributed by atoms with Gasteiger partial charge in [-0.25, -0.2) is 4.79 Å². The maximum absolute atomic E-state index is 12.9. The smallest absolute Gasteiger partial charge is 0.337 e. The largest absolute Gasteiger partial charge is 0.481 e. The second-order valence-corrected chi connectivity index (χ2v) is 8.54. The van der Waals surface area contributed by atoms with Crippen LogP contribution in [0.4, 0.5) is 0 Å². The molecule has 1 fully saturated rings. The molecule has 1 heterocycles. The van der Waals surface area contributed by atoms with Crippen molar-refractivity contribution in [3.05, 3.63) is 89.7 Å². The van der Waals surface area contributed by atoms with Gasteiger partial charge in [0.1, 0.15) is 5.69 Å².